The van der Waals surface area contributed by atoms with E-state index in [0.29, 0.717) is 5.56 Å². The third-order valence-electron chi connectivity index (χ3n) is 3.43. The van der Waals surface area contributed by atoms with E-state index in [2.05, 4.69) is 27.3 Å². The number of rotatable bonds is 5. The van der Waals surface area contributed by atoms with Crippen LogP contribution in [0, 0.1) is 12.7 Å². The van der Waals surface area contributed by atoms with Gasteiger partial charge in [0.2, 0.25) is 0 Å². The van der Waals surface area contributed by atoms with Gasteiger partial charge in [0.15, 0.2) is 0 Å². The van der Waals surface area contributed by atoms with Gasteiger partial charge >= 0.3 is 0 Å². The molecule has 0 amide bonds. The fourth-order valence-corrected chi connectivity index (χ4v) is 2.81. The minimum atomic E-state index is -0.106. The molecule has 1 atom stereocenters. The van der Waals surface area contributed by atoms with Crippen LogP contribution in [0.15, 0.2) is 46.9 Å². The van der Waals surface area contributed by atoms with E-state index in [-0.39, 0.29) is 11.9 Å². The zero-order valence-corrected chi connectivity index (χ0v) is 13.4. The molecule has 0 saturated heterocycles. The summed E-state index contributed by atoms with van der Waals surface area (Å²) in [6.07, 6.45) is 0.760. The van der Waals surface area contributed by atoms with Crippen molar-refractivity contribution in [1.82, 2.24) is 5.32 Å². The van der Waals surface area contributed by atoms with Gasteiger partial charge in [0.05, 0.1) is 0 Å². The Hall–Kier alpha value is -1.19. The second-order valence-electron chi connectivity index (χ2n) is 4.88. The molecule has 2 aromatic carbocycles. The van der Waals surface area contributed by atoms with Gasteiger partial charge in [-0.1, -0.05) is 59.3 Å². The van der Waals surface area contributed by atoms with E-state index < -0.39 is 0 Å². The molecule has 106 valence electrons. The van der Waals surface area contributed by atoms with Crippen LogP contribution in [0.1, 0.15) is 29.7 Å². The molecule has 1 N–H and O–H groups in total. The maximum atomic E-state index is 14.3. The normalized spacial score (nSPS) is 12.4. The number of nitrogens with one attached hydrogen (secondary N) is 1. The van der Waals surface area contributed by atoms with Crippen molar-refractivity contribution in [3.63, 3.8) is 0 Å². The van der Waals surface area contributed by atoms with Crippen LogP contribution in [0.4, 0.5) is 4.39 Å². The van der Waals surface area contributed by atoms with Crippen molar-refractivity contribution in [2.24, 2.45) is 0 Å². The predicted molar refractivity (Wildman–Crippen MR) is 85.4 cm³/mol. The number of halogens is 2. The highest BCUT2D eigenvalue weighted by atomic mass is 79.9. The average Bonchev–Trinajstić information content (AvgIpc) is 2.44. The van der Waals surface area contributed by atoms with E-state index in [9.17, 15) is 4.39 Å². The van der Waals surface area contributed by atoms with Gasteiger partial charge < -0.3 is 5.32 Å². The van der Waals surface area contributed by atoms with Crippen LogP contribution in [0.25, 0.3) is 0 Å². The molecule has 0 bridgehead atoms. The van der Waals surface area contributed by atoms with Crippen molar-refractivity contribution in [3.8, 4) is 0 Å². The number of aryl methyl sites for hydroxylation is 1. The van der Waals surface area contributed by atoms with Crippen LogP contribution < -0.4 is 5.32 Å². The lowest BCUT2D eigenvalue weighted by Crippen LogP contribution is -2.24. The molecule has 0 saturated carbocycles. The molecule has 2 aromatic rings. The zero-order valence-electron chi connectivity index (χ0n) is 11.8. The Morgan fingerprint density at radius 3 is 2.60 bits per heavy atom. The van der Waals surface area contributed by atoms with Crippen molar-refractivity contribution in [2.75, 3.05) is 6.54 Å². The summed E-state index contributed by atoms with van der Waals surface area (Å²) in [5.74, 6) is -0.106. The Morgan fingerprint density at radius 2 is 1.90 bits per heavy atom. The van der Waals surface area contributed by atoms with E-state index in [1.54, 1.807) is 13.0 Å². The van der Waals surface area contributed by atoms with E-state index in [4.69, 9.17) is 0 Å². The molecular formula is C17H19BrFN. The fraction of sp³-hybridized carbons (Fsp3) is 0.294. The maximum absolute atomic E-state index is 14.3. The maximum Gasteiger partial charge on any atom is 0.130 e. The summed E-state index contributed by atoms with van der Waals surface area (Å²) in [7, 11) is 0. The van der Waals surface area contributed by atoms with Crippen molar-refractivity contribution in [2.45, 2.75) is 26.3 Å². The highest BCUT2D eigenvalue weighted by Gasteiger charge is 2.17. The number of likely N-dealkylation sites (N-methyl/N-ethyl adjacent to an activating group) is 1. The lowest BCUT2D eigenvalue weighted by molar-refractivity contribution is 0.506. The first-order valence-corrected chi connectivity index (χ1v) is 7.64. The van der Waals surface area contributed by atoms with E-state index in [1.807, 2.05) is 37.3 Å². The molecule has 0 aliphatic rings. The van der Waals surface area contributed by atoms with Crippen molar-refractivity contribution in [3.05, 3.63) is 69.4 Å². The van der Waals surface area contributed by atoms with Gasteiger partial charge in [-0.3, -0.25) is 0 Å². The standard InChI is InChI=1S/C17H19BrFN/c1-3-20-16(11-13-8-4-5-10-15(13)18)14-9-6-7-12(2)17(14)19/h4-10,16,20H,3,11H2,1-2H3. The molecule has 0 aliphatic heterocycles. The quantitative estimate of drug-likeness (QED) is 0.828. The molecule has 0 heterocycles. The minimum absolute atomic E-state index is 0.0152. The van der Waals surface area contributed by atoms with Crippen LogP contribution in [-0.2, 0) is 6.42 Å². The molecule has 0 aromatic heterocycles. The summed E-state index contributed by atoms with van der Waals surface area (Å²) in [6, 6.07) is 13.7. The van der Waals surface area contributed by atoms with E-state index in [1.165, 1.54) is 5.56 Å². The first-order valence-electron chi connectivity index (χ1n) is 6.85. The second-order valence-corrected chi connectivity index (χ2v) is 5.74. The Bertz CT molecular complexity index is 583. The van der Waals surface area contributed by atoms with E-state index >= 15 is 0 Å². The summed E-state index contributed by atoms with van der Waals surface area (Å²) < 4.78 is 15.4. The van der Waals surface area contributed by atoms with Gasteiger partial charge in [-0.05, 0) is 37.1 Å². The van der Waals surface area contributed by atoms with Gasteiger partial charge in [0, 0.05) is 16.1 Å². The summed E-state index contributed by atoms with van der Waals surface area (Å²) >= 11 is 3.56. The van der Waals surface area contributed by atoms with Crippen molar-refractivity contribution in [1.29, 1.82) is 0 Å². The number of hydrogen-bond donors (Lipinski definition) is 1. The molecular weight excluding hydrogens is 317 g/mol. The third-order valence-corrected chi connectivity index (χ3v) is 4.20. The molecule has 0 fully saturated rings. The lowest BCUT2D eigenvalue weighted by atomic mass is 9.97. The topological polar surface area (TPSA) is 12.0 Å². The highest BCUT2D eigenvalue weighted by molar-refractivity contribution is 9.10. The summed E-state index contributed by atoms with van der Waals surface area (Å²) in [5, 5.41) is 3.38. The molecule has 3 heteroatoms. The Balaban J connectivity index is 2.32. The first-order chi connectivity index (χ1) is 9.63. The number of hydrogen-bond acceptors (Lipinski definition) is 1. The molecule has 0 spiro atoms. The van der Waals surface area contributed by atoms with Gasteiger partial charge in [-0.15, -0.1) is 0 Å². The predicted octanol–water partition coefficient (Wildman–Crippen LogP) is 4.79. The summed E-state index contributed by atoms with van der Waals surface area (Å²) in [6.45, 7) is 4.66. The molecule has 20 heavy (non-hydrogen) atoms. The Morgan fingerprint density at radius 1 is 1.15 bits per heavy atom. The first kappa shape index (κ1) is 15.2. The Labute approximate surface area is 128 Å². The van der Waals surface area contributed by atoms with Crippen LogP contribution in [0.5, 0.6) is 0 Å². The molecule has 1 nitrogen and oxygen atoms in total. The largest absolute Gasteiger partial charge is 0.310 e. The molecule has 2 rings (SSSR count). The van der Waals surface area contributed by atoms with E-state index in [0.717, 1.165) is 23.0 Å². The van der Waals surface area contributed by atoms with Crippen molar-refractivity contribution < 1.29 is 4.39 Å². The van der Waals surface area contributed by atoms with Gasteiger partial charge in [-0.2, -0.15) is 0 Å². The fourth-order valence-electron chi connectivity index (χ4n) is 2.36. The van der Waals surface area contributed by atoms with Crippen LogP contribution in [-0.4, -0.2) is 6.54 Å². The van der Waals surface area contributed by atoms with Gasteiger partial charge in [-0.25, -0.2) is 4.39 Å². The smallest absolute Gasteiger partial charge is 0.130 e. The summed E-state index contributed by atoms with van der Waals surface area (Å²) in [5.41, 5.74) is 2.61. The average molecular weight is 336 g/mol. The second kappa shape index (κ2) is 7.00. The summed E-state index contributed by atoms with van der Waals surface area (Å²) in [4.78, 5) is 0. The van der Waals surface area contributed by atoms with Crippen LogP contribution >= 0.6 is 15.9 Å². The molecule has 0 aliphatic carbocycles. The van der Waals surface area contributed by atoms with Crippen LogP contribution in [0.3, 0.4) is 0 Å². The lowest BCUT2D eigenvalue weighted by Gasteiger charge is -2.20. The van der Waals surface area contributed by atoms with Gasteiger partial charge in [0.25, 0.3) is 0 Å². The SMILES string of the molecule is CCNC(Cc1ccccc1Br)c1cccc(C)c1F. The Kier molecular flexibility index (Phi) is 5.32. The molecule has 1 unspecified atom stereocenters. The monoisotopic (exact) mass is 335 g/mol. The van der Waals surface area contributed by atoms with Gasteiger partial charge in [0.1, 0.15) is 5.82 Å². The minimum Gasteiger partial charge on any atom is -0.310 e. The van der Waals surface area contributed by atoms with Crippen LogP contribution in [0.2, 0.25) is 0 Å². The zero-order chi connectivity index (χ0) is 14.5. The molecule has 0 radical (unpaired) electrons. The highest BCUT2D eigenvalue weighted by Crippen LogP contribution is 2.26. The number of benzene rings is 2. The van der Waals surface area contributed by atoms with Crippen molar-refractivity contribution >= 4 is 15.9 Å². The third kappa shape index (κ3) is 3.47.